The van der Waals surface area contributed by atoms with Gasteiger partial charge < -0.3 is 5.11 Å². The monoisotopic (exact) mass is 412 g/mol. The van der Waals surface area contributed by atoms with Crippen LogP contribution in [0.15, 0.2) is 39.9 Å². The van der Waals surface area contributed by atoms with E-state index < -0.39 is 29.1 Å². The predicted molar refractivity (Wildman–Crippen MR) is 102 cm³/mol. The lowest BCUT2D eigenvalue weighted by Crippen LogP contribution is -2.38. The summed E-state index contributed by atoms with van der Waals surface area (Å²) in [5, 5.41) is 10.9. The second-order valence-electron chi connectivity index (χ2n) is 7.04. The number of hydrogen-bond donors (Lipinski definition) is 1. The number of thiophene rings is 1. The van der Waals surface area contributed by atoms with E-state index in [1.165, 1.54) is 29.8 Å². The third kappa shape index (κ3) is 3.64. The Kier molecular flexibility index (Phi) is 5.24. The minimum absolute atomic E-state index is 0.0657. The molecule has 5 nitrogen and oxygen atoms in total. The van der Waals surface area contributed by atoms with Gasteiger partial charge in [-0.2, -0.15) is 13.2 Å². The van der Waals surface area contributed by atoms with E-state index >= 15 is 0 Å². The van der Waals surface area contributed by atoms with Gasteiger partial charge in [-0.25, -0.2) is 4.79 Å². The number of alkyl halides is 3. The molecule has 0 bridgehead atoms. The van der Waals surface area contributed by atoms with Crippen molar-refractivity contribution >= 4 is 21.6 Å². The van der Waals surface area contributed by atoms with Crippen molar-refractivity contribution in [2.75, 3.05) is 0 Å². The molecule has 1 aromatic carbocycles. The molecule has 9 heteroatoms. The zero-order valence-electron chi connectivity index (χ0n) is 15.4. The van der Waals surface area contributed by atoms with Crippen molar-refractivity contribution in [1.29, 1.82) is 0 Å². The molecule has 0 aliphatic rings. The summed E-state index contributed by atoms with van der Waals surface area (Å²) in [7, 11) is 1.38. The van der Waals surface area contributed by atoms with E-state index in [4.69, 9.17) is 0 Å². The number of fused-ring (bicyclic) bond motifs is 1. The van der Waals surface area contributed by atoms with Gasteiger partial charge in [0, 0.05) is 18.5 Å². The molecule has 0 fully saturated rings. The molecule has 0 radical (unpaired) electrons. The molecule has 1 atom stereocenters. The molecule has 0 amide bonds. The molecule has 3 aromatic rings. The van der Waals surface area contributed by atoms with Gasteiger partial charge in [-0.05, 0) is 29.7 Å². The van der Waals surface area contributed by atoms with Crippen LogP contribution in [0, 0.1) is 5.92 Å². The predicted octanol–water partition coefficient (Wildman–Crippen LogP) is 3.52. The molecule has 1 unspecified atom stereocenters. The van der Waals surface area contributed by atoms with Crippen LogP contribution in [-0.4, -0.2) is 14.2 Å². The summed E-state index contributed by atoms with van der Waals surface area (Å²) in [4.78, 5) is 25.7. The molecular weight excluding hydrogens is 393 g/mol. The molecule has 3 rings (SSSR count). The largest absolute Gasteiger partial charge is 0.416 e. The summed E-state index contributed by atoms with van der Waals surface area (Å²) in [6.07, 6.45) is -5.86. The van der Waals surface area contributed by atoms with Crippen molar-refractivity contribution in [3.63, 3.8) is 0 Å². The zero-order chi connectivity index (χ0) is 20.8. The van der Waals surface area contributed by atoms with E-state index in [0.717, 1.165) is 28.0 Å². The van der Waals surface area contributed by atoms with Gasteiger partial charge in [-0.15, -0.1) is 11.3 Å². The Morgan fingerprint density at radius 1 is 1.18 bits per heavy atom. The highest BCUT2D eigenvalue weighted by Crippen LogP contribution is 2.35. The molecule has 2 heterocycles. The highest BCUT2D eigenvalue weighted by atomic mass is 32.1. The molecule has 1 N–H and O–H groups in total. The Labute approximate surface area is 162 Å². The van der Waals surface area contributed by atoms with E-state index in [2.05, 4.69) is 0 Å². The molecular formula is C19H19F3N2O3S. The van der Waals surface area contributed by atoms with Crippen LogP contribution >= 0.6 is 11.3 Å². The Hall–Kier alpha value is -2.39. The SMILES string of the molecule is CC(C)Cn1c(=O)n(C)c(=O)c2cc(C(O)c3cccc(C(F)(F)F)c3)sc21. The van der Waals surface area contributed by atoms with Crippen molar-refractivity contribution in [3.8, 4) is 0 Å². The standard InChI is InChI=1S/C19H19F3N2O3S/c1-10(2)9-24-17-13(16(26)23(3)18(24)27)8-14(28-17)15(25)11-5-4-6-12(7-11)19(20,21)22/h4-8,10,15,25H,9H2,1-3H3. The Bertz CT molecular complexity index is 1140. The quantitative estimate of drug-likeness (QED) is 0.713. The van der Waals surface area contributed by atoms with E-state index in [1.807, 2.05) is 13.8 Å². The first kappa shape index (κ1) is 20.3. The minimum atomic E-state index is -4.52. The van der Waals surface area contributed by atoms with Crippen LogP contribution in [0.5, 0.6) is 0 Å². The van der Waals surface area contributed by atoms with Crippen LogP contribution in [-0.2, 0) is 19.8 Å². The number of aliphatic hydroxyl groups excluding tert-OH is 1. The van der Waals surface area contributed by atoms with Crippen molar-refractivity contribution in [1.82, 2.24) is 9.13 Å². The topological polar surface area (TPSA) is 64.2 Å². The van der Waals surface area contributed by atoms with Crippen LogP contribution in [0.1, 0.15) is 36.0 Å². The number of nitrogens with zero attached hydrogens (tertiary/aromatic N) is 2. The number of aromatic nitrogens is 2. The van der Waals surface area contributed by atoms with E-state index in [0.29, 0.717) is 16.3 Å². The van der Waals surface area contributed by atoms with Gasteiger partial charge in [0.1, 0.15) is 10.9 Å². The average Bonchev–Trinajstić information content (AvgIpc) is 3.07. The fourth-order valence-electron chi connectivity index (χ4n) is 3.00. The fourth-order valence-corrected chi connectivity index (χ4v) is 4.17. The first-order valence-electron chi connectivity index (χ1n) is 8.59. The number of benzene rings is 1. The number of halogens is 3. The summed E-state index contributed by atoms with van der Waals surface area (Å²) in [6.45, 7) is 4.23. The van der Waals surface area contributed by atoms with E-state index in [9.17, 15) is 27.9 Å². The molecule has 0 aliphatic heterocycles. The third-order valence-electron chi connectivity index (χ3n) is 4.38. The lowest BCUT2D eigenvalue weighted by molar-refractivity contribution is -0.137. The summed E-state index contributed by atoms with van der Waals surface area (Å²) in [5.41, 5.74) is -1.76. The van der Waals surface area contributed by atoms with Crippen LogP contribution in [0.4, 0.5) is 13.2 Å². The van der Waals surface area contributed by atoms with Gasteiger partial charge in [-0.3, -0.25) is 13.9 Å². The summed E-state index contributed by atoms with van der Waals surface area (Å²) in [5.74, 6) is 0.136. The first-order valence-corrected chi connectivity index (χ1v) is 9.41. The van der Waals surface area contributed by atoms with Gasteiger partial charge >= 0.3 is 11.9 Å². The second-order valence-corrected chi connectivity index (χ2v) is 8.11. The Morgan fingerprint density at radius 2 is 1.86 bits per heavy atom. The fraction of sp³-hybridized carbons (Fsp3) is 0.368. The van der Waals surface area contributed by atoms with Crippen molar-refractivity contribution in [3.05, 3.63) is 67.2 Å². The molecule has 150 valence electrons. The summed E-state index contributed by atoms with van der Waals surface area (Å²) >= 11 is 1.04. The van der Waals surface area contributed by atoms with Gasteiger partial charge in [-0.1, -0.05) is 26.0 Å². The van der Waals surface area contributed by atoms with E-state index in [-0.39, 0.29) is 16.9 Å². The Morgan fingerprint density at radius 3 is 2.46 bits per heavy atom. The maximum atomic E-state index is 13.0. The van der Waals surface area contributed by atoms with Crippen LogP contribution < -0.4 is 11.2 Å². The first-order chi connectivity index (χ1) is 13.0. The average molecular weight is 412 g/mol. The minimum Gasteiger partial charge on any atom is -0.383 e. The maximum absolute atomic E-state index is 13.0. The number of rotatable bonds is 4. The molecule has 0 saturated carbocycles. The molecule has 0 saturated heterocycles. The van der Waals surface area contributed by atoms with Gasteiger partial charge in [0.2, 0.25) is 0 Å². The number of aliphatic hydroxyl groups is 1. The van der Waals surface area contributed by atoms with Gasteiger partial charge in [0.05, 0.1) is 10.9 Å². The highest BCUT2D eigenvalue weighted by molar-refractivity contribution is 7.18. The lowest BCUT2D eigenvalue weighted by Gasteiger charge is -2.12. The lowest BCUT2D eigenvalue weighted by atomic mass is 10.0. The smallest absolute Gasteiger partial charge is 0.383 e. The van der Waals surface area contributed by atoms with Gasteiger partial charge in [0.15, 0.2) is 0 Å². The summed E-state index contributed by atoms with van der Waals surface area (Å²) in [6, 6.07) is 5.88. The van der Waals surface area contributed by atoms with Crippen molar-refractivity contribution < 1.29 is 18.3 Å². The maximum Gasteiger partial charge on any atom is 0.416 e. The van der Waals surface area contributed by atoms with Crippen LogP contribution in [0.3, 0.4) is 0 Å². The third-order valence-corrected chi connectivity index (χ3v) is 5.59. The highest BCUT2D eigenvalue weighted by Gasteiger charge is 2.31. The number of hydrogen-bond acceptors (Lipinski definition) is 4. The normalized spacial score (nSPS) is 13.4. The van der Waals surface area contributed by atoms with E-state index in [1.54, 1.807) is 0 Å². The summed E-state index contributed by atoms with van der Waals surface area (Å²) < 4.78 is 41.3. The Balaban J connectivity index is 2.16. The molecule has 0 spiro atoms. The van der Waals surface area contributed by atoms with Crippen LogP contribution in [0.2, 0.25) is 0 Å². The van der Waals surface area contributed by atoms with Crippen molar-refractivity contribution in [2.24, 2.45) is 13.0 Å². The molecule has 28 heavy (non-hydrogen) atoms. The molecule has 0 aliphatic carbocycles. The zero-order valence-corrected chi connectivity index (χ0v) is 16.3. The van der Waals surface area contributed by atoms with Crippen LogP contribution in [0.25, 0.3) is 10.2 Å². The molecule has 2 aromatic heterocycles. The second kappa shape index (κ2) is 7.21. The van der Waals surface area contributed by atoms with Gasteiger partial charge in [0.25, 0.3) is 5.56 Å². The van der Waals surface area contributed by atoms with Crippen molar-refractivity contribution in [2.45, 2.75) is 32.7 Å².